The van der Waals surface area contributed by atoms with E-state index in [-0.39, 0.29) is 0 Å². The van der Waals surface area contributed by atoms with Gasteiger partial charge in [0.25, 0.3) is 0 Å². The number of rotatable bonds is 1. The molecule has 0 spiro atoms. The zero-order valence-corrected chi connectivity index (χ0v) is 6.68. The van der Waals surface area contributed by atoms with Gasteiger partial charge in [0, 0.05) is 13.2 Å². The summed E-state index contributed by atoms with van der Waals surface area (Å²) in [6.07, 6.45) is 0.293. The zero-order chi connectivity index (χ0) is 8.69. The van der Waals surface area contributed by atoms with Crippen LogP contribution in [-0.4, -0.2) is 12.0 Å². The first-order chi connectivity index (χ1) is 5.33. The lowest BCUT2D eigenvalue weighted by Gasteiger charge is -1.92. The van der Waals surface area contributed by atoms with E-state index in [0.717, 1.165) is 5.82 Å². The van der Waals surface area contributed by atoms with Gasteiger partial charge in [0.2, 0.25) is 0 Å². The van der Waals surface area contributed by atoms with Gasteiger partial charge >= 0.3 is 0 Å². The number of pyridine rings is 1. The summed E-state index contributed by atoms with van der Waals surface area (Å²) in [5.74, 6) is 0.738. The second-order valence-corrected chi connectivity index (χ2v) is 1.40. The molecular weight excluding hydrogens is 124 g/mol. The summed E-state index contributed by atoms with van der Waals surface area (Å²) in [5, 5.41) is 2.84. The Morgan fingerprint density at radius 3 is 2.60 bits per heavy atom. The molecule has 1 aromatic rings. The van der Waals surface area contributed by atoms with Crippen molar-refractivity contribution in [2.45, 2.75) is 13.8 Å². The third-order valence-electron chi connectivity index (χ3n) is 0.866. The lowest BCUT2D eigenvalue weighted by atomic mass is 10.5. The second-order valence-electron chi connectivity index (χ2n) is 1.40. The number of anilines is 1. The van der Waals surface area contributed by atoms with Crippen molar-refractivity contribution in [1.29, 1.82) is 0 Å². The minimum absolute atomic E-state index is 0.293. The maximum absolute atomic E-state index is 7.09. The molecule has 0 bridgehead atoms. The fraction of sp³-hybridized carbons (Fsp3) is 0.375. The molecule has 1 rings (SSSR count). The van der Waals surface area contributed by atoms with E-state index in [0.29, 0.717) is 6.17 Å². The Balaban J connectivity index is 0.000000461. The topological polar surface area (TPSA) is 24.9 Å². The maximum atomic E-state index is 7.09. The van der Waals surface area contributed by atoms with Gasteiger partial charge in [-0.2, -0.15) is 0 Å². The van der Waals surface area contributed by atoms with Crippen LogP contribution in [0.1, 0.15) is 15.2 Å². The lowest BCUT2D eigenvalue weighted by Crippen LogP contribution is -1.88. The van der Waals surface area contributed by atoms with Gasteiger partial charge in [-0.25, -0.2) is 4.98 Å². The van der Waals surface area contributed by atoms with Crippen molar-refractivity contribution in [3.8, 4) is 0 Å². The molecule has 10 heavy (non-hydrogen) atoms. The van der Waals surface area contributed by atoms with Crippen molar-refractivity contribution in [1.82, 2.24) is 4.98 Å². The van der Waals surface area contributed by atoms with Crippen LogP contribution < -0.4 is 5.32 Å². The lowest BCUT2D eigenvalue weighted by molar-refractivity contribution is 1.29. The van der Waals surface area contributed by atoms with Gasteiger partial charge in [-0.15, -0.1) is 0 Å². The molecule has 2 nitrogen and oxygen atoms in total. The Hall–Kier alpha value is -1.05. The second kappa shape index (κ2) is 6.08. The molecule has 1 heterocycles. The summed E-state index contributed by atoms with van der Waals surface area (Å²) in [7, 11) is 1.78. The van der Waals surface area contributed by atoms with Crippen molar-refractivity contribution in [2.24, 2.45) is 0 Å². The van der Waals surface area contributed by atoms with Crippen LogP contribution >= 0.6 is 0 Å². The Bertz CT molecular complexity index is 201. The number of hydrogen-bond acceptors (Lipinski definition) is 2. The van der Waals surface area contributed by atoms with Crippen molar-refractivity contribution in [3.63, 3.8) is 0 Å². The van der Waals surface area contributed by atoms with E-state index in [1.807, 2.05) is 19.9 Å². The van der Waals surface area contributed by atoms with Crippen LogP contribution in [-0.2, 0) is 0 Å². The van der Waals surface area contributed by atoms with Crippen LogP contribution in [0, 0.1) is 0 Å². The van der Waals surface area contributed by atoms with Gasteiger partial charge in [0.05, 0.1) is 1.37 Å². The molecule has 0 aliphatic heterocycles. The van der Waals surface area contributed by atoms with Gasteiger partial charge in [0.1, 0.15) is 5.82 Å². The van der Waals surface area contributed by atoms with Crippen LogP contribution in [0.2, 0.25) is 0 Å². The van der Waals surface area contributed by atoms with E-state index in [2.05, 4.69) is 10.3 Å². The zero-order valence-electron chi connectivity index (χ0n) is 7.68. The first-order valence-corrected chi connectivity index (χ1v) is 3.44. The summed E-state index contributed by atoms with van der Waals surface area (Å²) in [6, 6.07) is 5.25. The fourth-order valence-corrected chi connectivity index (χ4v) is 0.466. The summed E-state index contributed by atoms with van der Waals surface area (Å²) >= 11 is 0. The summed E-state index contributed by atoms with van der Waals surface area (Å²) in [6.45, 7) is 4.00. The largest absolute Gasteiger partial charge is 0.373 e. The minimum Gasteiger partial charge on any atom is -0.373 e. The van der Waals surface area contributed by atoms with Crippen molar-refractivity contribution in [2.75, 3.05) is 12.4 Å². The molecule has 0 atom stereocenters. The highest BCUT2D eigenvalue weighted by atomic mass is 14.9. The molecule has 0 unspecified atom stereocenters. The Morgan fingerprint density at radius 2 is 2.20 bits per heavy atom. The maximum Gasteiger partial charge on any atom is 0.125 e. The molecule has 0 saturated carbocycles. The van der Waals surface area contributed by atoms with Crippen LogP contribution in [0.25, 0.3) is 0 Å². The number of nitrogens with zero attached hydrogens (tertiary/aromatic N) is 1. The standard InChI is InChI=1S/C6H8N2.C2H6/c1-7-6-4-2-3-5-8-6;1-2/h2-5H,1H3,(H,7,8);1-2H3/i5D;. The fourth-order valence-electron chi connectivity index (χ4n) is 0.466. The molecule has 1 aromatic heterocycles. The van der Waals surface area contributed by atoms with Crippen molar-refractivity contribution in [3.05, 3.63) is 24.4 Å². The molecule has 0 amide bonds. The summed E-state index contributed by atoms with van der Waals surface area (Å²) in [5.41, 5.74) is 0. The summed E-state index contributed by atoms with van der Waals surface area (Å²) in [4.78, 5) is 3.85. The highest BCUT2D eigenvalue weighted by Gasteiger charge is 1.79. The van der Waals surface area contributed by atoms with E-state index in [1.54, 1.807) is 19.2 Å². The van der Waals surface area contributed by atoms with E-state index in [9.17, 15) is 0 Å². The van der Waals surface area contributed by atoms with Crippen LogP contribution in [0.3, 0.4) is 0 Å². The predicted octanol–water partition coefficient (Wildman–Crippen LogP) is 2.15. The normalized spacial score (nSPS) is 8.90. The average Bonchev–Trinajstić information content (AvgIpc) is 2.08. The van der Waals surface area contributed by atoms with Crippen LogP contribution in [0.15, 0.2) is 24.4 Å². The van der Waals surface area contributed by atoms with E-state index < -0.39 is 0 Å². The van der Waals surface area contributed by atoms with Crippen LogP contribution in [0.5, 0.6) is 0 Å². The van der Waals surface area contributed by atoms with Gasteiger partial charge in [0.15, 0.2) is 0 Å². The summed E-state index contributed by atoms with van der Waals surface area (Å²) < 4.78 is 7.09. The monoisotopic (exact) mass is 139 g/mol. The van der Waals surface area contributed by atoms with E-state index in [1.165, 1.54) is 0 Å². The van der Waals surface area contributed by atoms with E-state index >= 15 is 0 Å². The molecular formula is C8H14N2. The van der Waals surface area contributed by atoms with E-state index in [4.69, 9.17) is 1.37 Å². The molecule has 0 aromatic carbocycles. The third kappa shape index (κ3) is 3.07. The molecule has 0 aliphatic carbocycles. The van der Waals surface area contributed by atoms with Gasteiger partial charge in [-0.3, -0.25) is 0 Å². The number of hydrogen-bond donors (Lipinski definition) is 1. The molecule has 56 valence electrons. The number of aromatic nitrogens is 1. The van der Waals surface area contributed by atoms with Crippen molar-refractivity contribution >= 4 is 5.82 Å². The first kappa shape index (κ1) is 7.06. The minimum atomic E-state index is 0.293. The Morgan fingerprint density at radius 1 is 1.50 bits per heavy atom. The molecule has 0 radical (unpaired) electrons. The SMILES string of the molecule is CC.[2H]c1cccc(NC)n1. The smallest absolute Gasteiger partial charge is 0.125 e. The molecule has 1 N–H and O–H groups in total. The van der Waals surface area contributed by atoms with Crippen molar-refractivity contribution < 1.29 is 1.37 Å². The average molecular weight is 139 g/mol. The quantitative estimate of drug-likeness (QED) is 0.644. The number of nitrogens with one attached hydrogen (secondary N) is 1. The van der Waals surface area contributed by atoms with Gasteiger partial charge < -0.3 is 5.32 Å². The Kier molecular flexibility index (Phi) is 4.29. The molecule has 0 saturated heterocycles. The van der Waals surface area contributed by atoms with Crippen LogP contribution in [0.4, 0.5) is 5.82 Å². The van der Waals surface area contributed by atoms with Gasteiger partial charge in [-0.05, 0) is 12.1 Å². The first-order valence-electron chi connectivity index (χ1n) is 3.94. The highest BCUT2D eigenvalue weighted by molar-refractivity contribution is 5.31. The molecule has 2 heteroatoms. The Labute approximate surface area is 63.7 Å². The third-order valence-corrected chi connectivity index (χ3v) is 0.866. The molecule has 0 aliphatic rings. The molecule has 0 fully saturated rings. The highest BCUT2D eigenvalue weighted by Crippen LogP contribution is 1.95. The predicted molar refractivity (Wildman–Crippen MR) is 45.1 cm³/mol. The van der Waals surface area contributed by atoms with Gasteiger partial charge in [-0.1, -0.05) is 19.9 Å².